The summed E-state index contributed by atoms with van der Waals surface area (Å²) in [5.41, 5.74) is 7.12. The molecule has 1 heterocycles. The summed E-state index contributed by atoms with van der Waals surface area (Å²) in [6.07, 6.45) is 0. The highest BCUT2D eigenvalue weighted by Gasteiger charge is 2.27. The molecule has 8 heteroatoms. The third-order valence-electron chi connectivity index (χ3n) is 2.88. The standard InChI is InChI=1S/C13H12N6OS/c1-8-12(18-19-13(20)21-8)9-2-4-10(5-3-9)16-17-11(6-14)7-15/h2-5,8,11-12,18H,1H3,(H,19,20). The average Bonchev–Trinajstić information content (AvgIpc) is 2.49. The van der Waals surface area contributed by atoms with Crippen molar-refractivity contribution in [3.05, 3.63) is 29.8 Å². The summed E-state index contributed by atoms with van der Waals surface area (Å²) in [7, 11) is 0. The van der Waals surface area contributed by atoms with Crippen LogP contribution in [0.25, 0.3) is 0 Å². The molecule has 0 aromatic heterocycles. The molecule has 0 bridgehead atoms. The van der Waals surface area contributed by atoms with Gasteiger partial charge in [-0.3, -0.25) is 10.2 Å². The predicted molar refractivity (Wildman–Crippen MR) is 77.4 cm³/mol. The first-order valence-corrected chi connectivity index (χ1v) is 7.04. The van der Waals surface area contributed by atoms with Gasteiger partial charge in [-0.2, -0.15) is 20.8 Å². The zero-order valence-electron chi connectivity index (χ0n) is 11.1. The van der Waals surface area contributed by atoms with E-state index in [1.807, 2.05) is 19.1 Å². The molecule has 7 nitrogen and oxygen atoms in total. The van der Waals surface area contributed by atoms with E-state index in [1.54, 1.807) is 24.3 Å². The van der Waals surface area contributed by atoms with Crippen molar-refractivity contribution in [3.63, 3.8) is 0 Å². The second-order valence-electron chi connectivity index (χ2n) is 4.33. The SMILES string of the molecule is CC1SC(=O)NNC1c1ccc(N=NC(C#N)C#N)cc1. The summed E-state index contributed by atoms with van der Waals surface area (Å²) in [6.45, 7) is 1.97. The minimum absolute atomic E-state index is 0.00431. The number of benzene rings is 1. The van der Waals surface area contributed by atoms with Crippen LogP contribution in [0.15, 0.2) is 34.5 Å². The number of carbonyl (C=O) groups excluding carboxylic acids is 1. The molecule has 0 radical (unpaired) electrons. The van der Waals surface area contributed by atoms with Crippen molar-refractivity contribution in [1.29, 1.82) is 10.5 Å². The zero-order chi connectivity index (χ0) is 15.2. The van der Waals surface area contributed by atoms with Crippen LogP contribution in [-0.4, -0.2) is 16.5 Å². The van der Waals surface area contributed by atoms with Crippen molar-refractivity contribution >= 4 is 22.7 Å². The van der Waals surface area contributed by atoms with Gasteiger partial charge in [0.05, 0.1) is 11.7 Å². The molecule has 106 valence electrons. The lowest BCUT2D eigenvalue weighted by Crippen LogP contribution is -2.46. The highest BCUT2D eigenvalue weighted by Crippen LogP contribution is 2.30. The van der Waals surface area contributed by atoms with Gasteiger partial charge in [-0.05, 0) is 17.7 Å². The van der Waals surface area contributed by atoms with E-state index in [0.717, 1.165) is 5.56 Å². The van der Waals surface area contributed by atoms with Crippen LogP contribution in [0.5, 0.6) is 0 Å². The molecule has 1 aromatic rings. The van der Waals surface area contributed by atoms with Gasteiger partial charge in [0.15, 0.2) is 0 Å². The smallest absolute Gasteiger partial charge is 0.282 e. The lowest BCUT2D eigenvalue weighted by molar-refractivity contribution is 0.251. The summed E-state index contributed by atoms with van der Waals surface area (Å²) in [5.74, 6) is 0. The Hall–Kier alpha value is -2.42. The van der Waals surface area contributed by atoms with Crippen molar-refractivity contribution in [2.75, 3.05) is 0 Å². The fourth-order valence-corrected chi connectivity index (χ4v) is 2.64. The topological polar surface area (TPSA) is 113 Å². The van der Waals surface area contributed by atoms with E-state index >= 15 is 0 Å². The molecule has 1 aliphatic heterocycles. The fraction of sp³-hybridized carbons (Fsp3) is 0.308. The molecule has 0 spiro atoms. The van der Waals surface area contributed by atoms with E-state index in [4.69, 9.17) is 10.5 Å². The number of rotatable bonds is 3. The Kier molecular flexibility index (Phi) is 4.88. The predicted octanol–water partition coefficient (Wildman–Crippen LogP) is 2.58. The molecule has 2 unspecified atom stereocenters. The van der Waals surface area contributed by atoms with Crippen LogP contribution in [0.1, 0.15) is 18.5 Å². The number of thioether (sulfide) groups is 1. The van der Waals surface area contributed by atoms with Crippen LogP contribution in [0.2, 0.25) is 0 Å². The van der Waals surface area contributed by atoms with E-state index in [2.05, 4.69) is 21.1 Å². The van der Waals surface area contributed by atoms with Crippen LogP contribution in [0.4, 0.5) is 10.5 Å². The number of nitriles is 2. The van der Waals surface area contributed by atoms with Gasteiger partial charge in [-0.15, -0.1) is 0 Å². The number of hydrazine groups is 1. The van der Waals surface area contributed by atoms with E-state index < -0.39 is 6.04 Å². The summed E-state index contributed by atoms with van der Waals surface area (Å²) >= 11 is 1.24. The number of nitrogens with zero attached hydrogens (tertiary/aromatic N) is 4. The molecule has 0 aliphatic carbocycles. The van der Waals surface area contributed by atoms with Gasteiger partial charge in [0, 0.05) is 5.25 Å². The largest absolute Gasteiger partial charge is 0.293 e. The fourth-order valence-electron chi connectivity index (χ4n) is 1.83. The van der Waals surface area contributed by atoms with E-state index in [0.29, 0.717) is 5.69 Å². The second kappa shape index (κ2) is 6.84. The van der Waals surface area contributed by atoms with Crippen LogP contribution in [0, 0.1) is 22.7 Å². The van der Waals surface area contributed by atoms with Gasteiger partial charge in [-0.1, -0.05) is 30.8 Å². The number of hydrogen-bond donors (Lipinski definition) is 2. The maximum Gasteiger partial charge on any atom is 0.293 e. The lowest BCUT2D eigenvalue weighted by atomic mass is 10.0. The van der Waals surface area contributed by atoms with E-state index in [9.17, 15) is 4.79 Å². The molecule has 0 saturated carbocycles. The highest BCUT2D eigenvalue weighted by molar-refractivity contribution is 8.14. The molecule has 1 saturated heterocycles. The van der Waals surface area contributed by atoms with Crippen molar-refractivity contribution in [3.8, 4) is 12.1 Å². The maximum absolute atomic E-state index is 11.2. The van der Waals surface area contributed by atoms with Gasteiger partial charge in [-0.25, -0.2) is 5.43 Å². The maximum atomic E-state index is 11.2. The molecule has 1 amide bonds. The van der Waals surface area contributed by atoms with Gasteiger partial charge >= 0.3 is 0 Å². The van der Waals surface area contributed by atoms with E-state index in [1.165, 1.54) is 11.8 Å². The highest BCUT2D eigenvalue weighted by atomic mass is 32.2. The monoisotopic (exact) mass is 300 g/mol. The molecule has 2 atom stereocenters. The molecule has 21 heavy (non-hydrogen) atoms. The number of nitrogens with one attached hydrogen (secondary N) is 2. The Morgan fingerprint density at radius 1 is 1.29 bits per heavy atom. The minimum Gasteiger partial charge on any atom is -0.282 e. The minimum atomic E-state index is -1.09. The summed E-state index contributed by atoms with van der Waals surface area (Å²) < 4.78 is 0. The van der Waals surface area contributed by atoms with Gasteiger partial charge in [0.25, 0.3) is 5.24 Å². The Morgan fingerprint density at radius 2 is 1.95 bits per heavy atom. The molecule has 1 fully saturated rings. The van der Waals surface area contributed by atoms with Crippen molar-refractivity contribution < 1.29 is 4.79 Å². The third kappa shape index (κ3) is 3.78. The number of hydrogen-bond acceptors (Lipinski definition) is 7. The lowest BCUT2D eigenvalue weighted by Gasteiger charge is -2.29. The first-order valence-electron chi connectivity index (χ1n) is 6.16. The Labute approximate surface area is 126 Å². The Balaban J connectivity index is 2.08. The number of azo groups is 1. The molecule has 2 rings (SSSR count). The van der Waals surface area contributed by atoms with Crippen LogP contribution in [-0.2, 0) is 0 Å². The Bertz CT molecular complexity index is 616. The second-order valence-corrected chi connectivity index (χ2v) is 5.68. The van der Waals surface area contributed by atoms with Crippen LogP contribution in [0.3, 0.4) is 0 Å². The quantitative estimate of drug-likeness (QED) is 0.833. The van der Waals surface area contributed by atoms with Gasteiger partial charge < -0.3 is 0 Å². The molecule has 1 aromatic carbocycles. The summed E-state index contributed by atoms with van der Waals surface area (Å²) in [5, 5.41) is 24.7. The van der Waals surface area contributed by atoms with Crippen molar-refractivity contribution in [2.24, 2.45) is 10.2 Å². The first-order chi connectivity index (χ1) is 10.1. The molecule has 1 aliphatic rings. The molecular weight excluding hydrogens is 288 g/mol. The Morgan fingerprint density at radius 3 is 2.52 bits per heavy atom. The van der Waals surface area contributed by atoms with E-state index in [-0.39, 0.29) is 16.5 Å². The first kappa shape index (κ1) is 15.0. The van der Waals surface area contributed by atoms with Crippen molar-refractivity contribution in [1.82, 2.24) is 10.9 Å². The number of carbonyl (C=O) groups is 1. The zero-order valence-corrected chi connectivity index (χ0v) is 12.0. The summed E-state index contributed by atoms with van der Waals surface area (Å²) in [4.78, 5) is 11.2. The normalized spacial score (nSPS) is 21.8. The summed E-state index contributed by atoms with van der Waals surface area (Å²) in [6, 6.07) is 9.60. The van der Waals surface area contributed by atoms with Crippen LogP contribution >= 0.6 is 11.8 Å². The number of amides is 1. The molecule has 2 N–H and O–H groups in total. The van der Waals surface area contributed by atoms with Crippen molar-refractivity contribution in [2.45, 2.75) is 24.3 Å². The molecular formula is C13H12N6OS. The third-order valence-corrected chi connectivity index (χ3v) is 3.84. The average molecular weight is 300 g/mol. The van der Waals surface area contributed by atoms with Gasteiger partial charge in [0.1, 0.15) is 12.1 Å². The van der Waals surface area contributed by atoms with Crippen LogP contribution < -0.4 is 10.9 Å². The van der Waals surface area contributed by atoms with Gasteiger partial charge in [0.2, 0.25) is 6.04 Å².